The van der Waals surface area contributed by atoms with E-state index in [2.05, 4.69) is 17.0 Å². The molecule has 5 heteroatoms. The molecule has 0 saturated heterocycles. The van der Waals surface area contributed by atoms with Crippen LogP contribution < -0.4 is 10.1 Å². The number of ether oxygens (including phenoxy) is 2. The molecular formula is C23H31NO4. The van der Waals surface area contributed by atoms with Gasteiger partial charge in [-0.15, -0.1) is 0 Å². The fourth-order valence-corrected chi connectivity index (χ4v) is 6.24. The van der Waals surface area contributed by atoms with E-state index in [-0.39, 0.29) is 30.9 Å². The average Bonchev–Trinajstić information content (AvgIpc) is 2.66. The fraction of sp³-hybridized carbons (Fsp3) is 0.652. The zero-order chi connectivity index (χ0) is 19.7. The maximum atomic E-state index is 12.5. The van der Waals surface area contributed by atoms with Crippen LogP contribution in [0, 0.1) is 23.2 Å². The molecule has 1 atom stereocenters. The third-order valence-corrected chi connectivity index (χ3v) is 7.25. The van der Waals surface area contributed by atoms with E-state index in [0.717, 1.165) is 23.3 Å². The summed E-state index contributed by atoms with van der Waals surface area (Å²) in [6.07, 6.45) is 8.31. The van der Waals surface area contributed by atoms with Crippen LogP contribution in [-0.4, -0.2) is 31.6 Å². The highest BCUT2D eigenvalue weighted by Gasteiger charge is 2.53. The van der Waals surface area contributed by atoms with Gasteiger partial charge >= 0.3 is 5.97 Å². The molecule has 1 aromatic rings. The van der Waals surface area contributed by atoms with E-state index in [9.17, 15) is 9.59 Å². The molecule has 4 fully saturated rings. The first-order valence-corrected chi connectivity index (χ1v) is 10.5. The summed E-state index contributed by atoms with van der Waals surface area (Å²) in [6, 6.07) is 7.42. The third-order valence-electron chi connectivity index (χ3n) is 7.25. The van der Waals surface area contributed by atoms with Crippen molar-refractivity contribution in [2.45, 2.75) is 57.9 Å². The molecule has 1 N–H and O–H groups in total. The van der Waals surface area contributed by atoms with Crippen molar-refractivity contribution < 1.29 is 19.1 Å². The Labute approximate surface area is 167 Å². The van der Waals surface area contributed by atoms with E-state index in [4.69, 9.17) is 4.74 Å². The molecule has 0 spiro atoms. The summed E-state index contributed by atoms with van der Waals surface area (Å²) < 4.78 is 10.3. The fourth-order valence-electron chi connectivity index (χ4n) is 6.24. The molecular weight excluding hydrogens is 354 g/mol. The Morgan fingerprint density at radius 1 is 1.07 bits per heavy atom. The molecule has 5 rings (SSSR count). The molecule has 0 aliphatic heterocycles. The molecule has 1 aromatic carbocycles. The molecule has 4 bridgehead atoms. The monoisotopic (exact) mass is 385 g/mol. The van der Waals surface area contributed by atoms with Gasteiger partial charge in [0, 0.05) is 6.04 Å². The normalized spacial score (nSPS) is 31.3. The molecule has 152 valence electrons. The van der Waals surface area contributed by atoms with Gasteiger partial charge in [0.15, 0.2) is 6.61 Å². The number of hydrogen-bond donors (Lipinski definition) is 1. The van der Waals surface area contributed by atoms with Crippen LogP contribution in [0.5, 0.6) is 5.75 Å². The van der Waals surface area contributed by atoms with Gasteiger partial charge in [0.1, 0.15) is 5.75 Å². The van der Waals surface area contributed by atoms with Crippen molar-refractivity contribution in [3.05, 3.63) is 29.8 Å². The second kappa shape index (κ2) is 7.76. The molecule has 4 aliphatic carbocycles. The van der Waals surface area contributed by atoms with Crippen LogP contribution >= 0.6 is 0 Å². The minimum atomic E-state index is -0.272. The van der Waals surface area contributed by atoms with Crippen molar-refractivity contribution in [3.8, 4) is 5.75 Å². The average molecular weight is 386 g/mol. The number of methoxy groups -OCH3 is 1. The molecule has 1 amide bonds. The predicted molar refractivity (Wildman–Crippen MR) is 106 cm³/mol. The van der Waals surface area contributed by atoms with Gasteiger partial charge in [-0.25, -0.2) is 0 Å². The quantitative estimate of drug-likeness (QED) is 0.730. The van der Waals surface area contributed by atoms with Crippen molar-refractivity contribution >= 4 is 11.9 Å². The van der Waals surface area contributed by atoms with E-state index in [1.165, 1.54) is 45.6 Å². The van der Waals surface area contributed by atoms with Crippen LogP contribution in [-0.2, 0) is 20.7 Å². The minimum absolute atomic E-state index is 0.0209. The number of esters is 1. The van der Waals surface area contributed by atoms with Gasteiger partial charge in [-0.3, -0.25) is 9.59 Å². The van der Waals surface area contributed by atoms with Crippen LogP contribution in [0.2, 0.25) is 0 Å². The summed E-state index contributed by atoms with van der Waals surface area (Å²) in [6.45, 7) is 2.21. The first-order chi connectivity index (χ1) is 13.5. The maximum Gasteiger partial charge on any atom is 0.309 e. The van der Waals surface area contributed by atoms with Crippen molar-refractivity contribution in [2.75, 3.05) is 13.7 Å². The van der Waals surface area contributed by atoms with E-state index >= 15 is 0 Å². The number of rotatable bonds is 7. The van der Waals surface area contributed by atoms with Gasteiger partial charge < -0.3 is 14.8 Å². The summed E-state index contributed by atoms with van der Waals surface area (Å²) in [5, 5.41) is 3.23. The van der Waals surface area contributed by atoms with E-state index in [1.807, 2.05) is 12.1 Å². The molecule has 5 nitrogen and oxygen atoms in total. The van der Waals surface area contributed by atoms with Crippen molar-refractivity contribution in [3.63, 3.8) is 0 Å². The third kappa shape index (κ3) is 4.03. The summed E-state index contributed by atoms with van der Waals surface area (Å²) in [4.78, 5) is 23.8. The second-order valence-electron chi connectivity index (χ2n) is 9.25. The molecule has 28 heavy (non-hydrogen) atoms. The van der Waals surface area contributed by atoms with E-state index < -0.39 is 0 Å². The number of carbonyl (C=O) groups excluding carboxylic acids is 2. The van der Waals surface area contributed by atoms with Gasteiger partial charge in [0.05, 0.1) is 13.5 Å². The lowest BCUT2D eigenvalue weighted by Crippen LogP contribution is -2.56. The maximum absolute atomic E-state index is 12.5. The number of amides is 1. The number of benzene rings is 1. The first kappa shape index (κ1) is 19.3. The Balaban J connectivity index is 1.27. The van der Waals surface area contributed by atoms with Gasteiger partial charge in [-0.1, -0.05) is 12.1 Å². The van der Waals surface area contributed by atoms with Gasteiger partial charge in [0.2, 0.25) is 0 Å². The van der Waals surface area contributed by atoms with Crippen molar-refractivity contribution in [1.29, 1.82) is 0 Å². The highest BCUT2D eigenvalue weighted by Crippen LogP contribution is 2.61. The standard InChI is InChI=1S/C23H31NO4/c1-15(23-11-17-7-18(12-23)9-19(8-17)13-23)24-21(25)14-28-20-5-3-16(4-6-20)10-22(26)27-2/h3-6,15,17-19H,7-14H2,1-2H3,(H,24,25)/t15-,17?,18?,19?,23?/m1/s1. The van der Waals surface area contributed by atoms with Crippen LogP contribution in [0.1, 0.15) is 51.0 Å². The lowest BCUT2D eigenvalue weighted by Gasteiger charge is -2.59. The Bertz CT molecular complexity index is 691. The van der Waals surface area contributed by atoms with Gasteiger partial charge in [-0.05, 0) is 86.3 Å². The van der Waals surface area contributed by atoms with Crippen LogP contribution in [0.4, 0.5) is 0 Å². The largest absolute Gasteiger partial charge is 0.484 e. The Hall–Kier alpha value is -2.04. The van der Waals surface area contributed by atoms with Crippen molar-refractivity contribution in [1.82, 2.24) is 5.32 Å². The zero-order valence-corrected chi connectivity index (χ0v) is 16.9. The summed E-state index contributed by atoms with van der Waals surface area (Å²) >= 11 is 0. The lowest BCUT2D eigenvalue weighted by atomic mass is 9.48. The highest BCUT2D eigenvalue weighted by atomic mass is 16.5. The van der Waals surface area contributed by atoms with Crippen LogP contribution in [0.3, 0.4) is 0 Å². The predicted octanol–water partition coefficient (Wildman–Crippen LogP) is 3.50. The number of hydrogen-bond acceptors (Lipinski definition) is 4. The molecule has 0 aromatic heterocycles. The summed E-state index contributed by atoms with van der Waals surface area (Å²) in [5.74, 6) is 2.95. The smallest absolute Gasteiger partial charge is 0.309 e. The lowest BCUT2D eigenvalue weighted by molar-refractivity contribution is -0.139. The minimum Gasteiger partial charge on any atom is -0.484 e. The number of nitrogens with one attached hydrogen (secondary N) is 1. The first-order valence-electron chi connectivity index (χ1n) is 10.5. The molecule has 0 radical (unpaired) electrons. The van der Waals surface area contributed by atoms with Gasteiger partial charge in [-0.2, -0.15) is 0 Å². The molecule has 0 unspecified atom stereocenters. The molecule has 4 saturated carbocycles. The molecule has 0 heterocycles. The van der Waals surface area contributed by atoms with E-state index in [1.54, 1.807) is 12.1 Å². The zero-order valence-electron chi connectivity index (χ0n) is 16.9. The highest BCUT2D eigenvalue weighted by molar-refractivity contribution is 5.78. The molecule has 4 aliphatic rings. The Morgan fingerprint density at radius 2 is 1.64 bits per heavy atom. The van der Waals surface area contributed by atoms with Crippen LogP contribution in [0.25, 0.3) is 0 Å². The SMILES string of the molecule is COC(=O)Cc1ccc(OCC(=O)N[C@H](C)C23CC4CC(CC(C4)C2)C3)cc1. The number of carbonyl (C=O) groups is 2. The summed E-state index contributed by atoms with van der Waals surface area (Å²) in [5.41, 5.74) is 1.17. The van der Waals surface area contributed by atoms with Crippen LogP contribution in [0.15, 0.2) is 24.3 Å². The van der Waals surface area contributed by atoms with Crippen molar-refractivity contribution in [2.24, 2.45) is 23.2 Å². The topological polar surface area (TPSA) is 64.6 Å². The Kier molecular flexibility index (Phi) is 5.35. The summed E-state index contributed by atoms with van der Waals surface area (Å²) in [7, 11) is 1.38. The van der Waals surface area contributed by atoms with Gasteiger partial charge in [0.25, 0.3) is 5.91 Å². The van der Waals surface area contributed by atoms with E-state index in [0.29, 0.717) is 11.2 Å². The Morgan fingerprint density at radius 3 is 2.18 bits per heavy atom. The second-order valence-corrected chi connectivity index (χ2v) is 9.25.